The molecule has 0 saturated carbocycles. The van der Waals surface area contributed by atoms with Gasteiger partial charge in [0.25, 0.3) is 0 Å². The molecule has 16 heavy (non-hydrogen) atoms. The van der Waals surface area contributed by atoms with Gasteiger partial charge in [-0.2, -0.15) is 0 Å². The molecule has 0 amide bonds. The maximum Gasteiger partial charge on any atom is 0.137 e. The fourth-order valence-electron chi connectivity index (χ4n) is 1.58. The van der Waals surface area contributed by atoms with E-state index in [1.807, 2.05) is 24.3 Å². The first kappa shape index (κ1) is 10.8. The van der Waals surface area contributed by atoms with Crippen molar-refractivity contribution in [3.8, 4) is 0 Å². The number of benzene rings is 1. The Labute approximate surface area is 95.3 Å². The van der Waals surface area contributed by atoms with Crippen molar-refractivity contribution in [2.45, 2.75) is 0 Å². The molecule has 0 atom stereocenters. The molecule has 0 saturated heterocycles. The first-order chi connectivity index (χ1) is 7.77. The van der Waals surface area contributed by atoms with Crippen molar-refractivity contribution in [3.05, 3.63) is 30.6 Å². The van der Waals surface area contributed by atoms with Gasteiger partial charge in [0.15, 0.2) is 0 Å². The smallest absolute Gasteiger partial charge is 0.137 e. The van der Waals surface area contributed by atoms with Crippen LogP contribution in [0.3, 0.4) is 0 Å². The highest BCUT2D eigenvalue weighted by Gasteiger charge is 2.02. The summed E-state index contributed by atoms with van der Waals surface area (Å²) in [6.45, 7) is 1.99. The Morgan fingerprint density at radius 2 is 2.00 bits per heavy atom. The van der Waals surface area contributed by atoms with Crippen molar-refractivity contribution < 1.29 is 4.90 Å². The molecule has 1 heterocycles. The lowest BCUT2D eigenvalue weighted by molar-refractivity contribution is -0.856. The quantitative estimate of drug-likeness (QED) is 0.768. The minimum Gasteiger partial charge on any atom is -0.364 e. The van der Waals surface area contributed by atoms with E-state index >= 15 is 0 Å². The predicted octanol–water partition coefficient (Wildman–Crippen LogP) is 0.186. The van der Waals surface area contributed by atoms with E-state index in [1.165, 1.54) is 4.90 Å². The molecule has 0 fully saturated rings. The first-order valence-electron chi connectivity index (χ1n) is 5.50. The average Bonchev–Trinajstić information content (AvgIpc) is 2.29. The summed E-state index contributed by atoms with van der Waals surface area (Å²) < 4.78 is 0. The van der Waals surface area contributed by atoms with E-state index in [-0.39, 0.29) is 0 Å². The topological polar surface area (TPSA) is 42.2 Å². The van der Waals surface area contributed by atoms with E-state index in [1.54, 1.807) is 6.33 Å². The Morgan fingerprint density at radius 3 is 2.81 bits per heavy atom. The molecule has 2 N–H and O–H groups in total. The Hall–Kier alpha value is -1.68. The van der Waals surface area contributed by atoms with Crippen LogP contribution in [0, 0.1) is 0 Å². The number of hydrogen-bond donors (Lipinski definition) is 2. The van der Waals surface area contributed by atoms with Crippen LogP contribution in [0.4, 0.5) is 5.82 Å². The van der Waals surface area contributed by atoms with Crippen LogP contribution in [0.1, 0.15) is 0 Å². The summed E-state index contributed by atoms with van der Waals surface area (Å²) >= 11 is 0. The molecule has 4 nitrogen and oxygen atoms in total. The van der Waals surface area contributed by atoms with Crippen molar-refractivity contribution in [3.63, 3.8) is 0 Å². The van der Waals surface area contributed by atoms with Gasteiger partial charge in [-0.25, -0.2) is 9.97 Å². The van der Waals surface area contributed by atoms with E-state index in [0.717, 1.165) is 29.8 Å². The molecule has 2 aromatic rings. The Balaban J connectivity index is 2.17. The molecule has 0 radical (unpaired) electrons. The average molecular weight is 217 g/mol. The molecule has 0 aliphatic rings. The Bertz CT molecular complexity index is 462. The van der Waals surface area contributed by atoms with Gasteiger partial charge in [-0.3, -0.25) is 0 Å². The van der Waals surface area contributed by atoms with Gasteiger partial charge in [0.05, 0.1) is 32.7 Å². The maximum absolute atomic E-state index is 4.27. The number of nitrogens with one attached hydrogen (secondary N) is 2. The summed E-state index contributed by atoms with van der Waals surface area (Å²) in [5, 5.41) is 4.43. The zero-order valence-corrected chi connectivity index (χ0v) is 9.70. The summed E-state index contributed by atoms with van der Waals surface area (Å²) in [5.74, 6) is 0.923. The van der Waals surface area contributed by atoms with E-state index in [9.17, 15) is 0 Å². The second-order valence-corrected chi connectivity index (χ2v) is 4.12. The highest BCUT2D eigenvalue weighted by molar-refractivity contribution is 5.88. The number of aromatic nitrogens is 2. The van der Waals surface area contributed by atoms with E-state index in [4.69, 9.17) is 0 Å². The normalized spacial score (nSPS) is 10.9. The molecule has 0 aliphatic carbocycles. The summed E-state index contributed by atoms with van der Waals surface area (Å²) in [6, 6.07) is 8.04. The Morgan fingerprint density at radius 1 is 1.19 bits per heavy atom. The highest BCUT2D eigenvalue weighted by atomic mass is 15.1. The second-order valence-electron chi connectivity index (χ2n) is 4.12. The predicted molar refractivity (Wildman–Crippen MR) is 65.7 cm³/mol. The molecule has 2 rings (SSSR count). The minimum absolute atomic E-state index is 0.920. The van der Waals surface area contributed by atoms with Gasteiger partial charge in [0.1, 0.15) is 12.1 Å². The van der Waals surface area contributed by atoms with Crippen LogP contribution >= 0.6 is 0 Å². The van der Waals surface area contributed by atoms with Crippen molar-refractivity contribution in [2.75, 3.05) is 32.5 Å². The number of hydrogen-bond acceptors (Lipinski definition) is 3. The van der Waals surface area contributed by atoms with Crippen LogP contribution < -0.4 is 10.2 Å². The number of anilines is 1. The number of rotatable bonds is 4. The molecule has 4 heteroatoms. The molecule has 1 aromatic heterocycles. The first-order valence-corrected chi connectivity index (χ1v) is 5.50. The number of nitrogens with zero attached hydrogens (tertiary/aromatic N) is 2. The second kappa shape index (κ2) is 4.90. The summed E-state index contributed by atoms with van der Waals surface area (Å²) in [6.07, 6.45) is 1.60. The molecule has 0 bridgehead atoms. The van der Waals surface area contributed by atoms with Crippen molar-refractivity contribution in [1.29, 1.82) is 0 Å². The molecule has 0 aliphatic heterocycles. The lowest BCUT2D eigenvalue weighted by atomic mass is 10.2. The SMILES string of the molecule is C[NH+](C)CCNc1ncnc2ccccc12. The molecule has 84 valence electrons. The van der Waals surface area contributed by atoms with Gasteiger partial charge < -0.3 is 10.2 Å². The van der Waals surface area contributed by atoms with Crippen LogP contribution in [-0.4, -0.2) is 37.2 Å². The summed E-state index contributed by atoms with van der Waals surface area (Å²) in [5.41, 5.74) is 0.984. The van der Waals surface area contributed by atoms with Crippen LogP contribution in [-0.2, 0) is 0 Å². The van der Waals surface area contributed by atoms with E-state index in [2.05, 4.69) is 29.4 Å². The standard InChI is InChI=1S/C12H16N4/c1-16(2)8-7-13-12-10-5-3-4-6-11(10)14-9-15-12/h3-6,9H,7-8H2,1-2H3,(H,13,14,15)/p+1. The molecule has 0 unspecified atom stereocenters. The molecule has 0 spiro atoms. The lowest BCUT2D eigenvalue weighted by Gasteiger charge is -2.10. The van der Waals surface area contributed by atoms with Gasteiger partial charge in [0.2, 0.25) is 0 Å². The third-order valence-corrected chi connectivity index (χ3v) is 2.46. The summed E-state index contributed by atoms with van der Waals surface area (Å²) in [4.78, 5) is 9.92. The maximum atomic E-state index is 4.27. The summed E-state index contributed by atoms with van der Waals surface area (Å²) in [7, 11) is 4.28. The zero-order valence-electron chi connectivity index (χ0n) is 9.70. The van der Waals surface area contributed by atoms with Crippen molar-refractivity contribution >= 4 is 16.7 Å². The largest absolute Gasteiger partial charge is 0.364 e. The van der Waals surface area contributed by atoms with E-state index in [0.29, 0.717) is 0 Å². The number of fused-ring (bicyclic) bond motifs is 1. The van der Waals surface area contributed by atoms with Gasteiger partial charge in [-0.05, 0) is 12.1 Å². The number of para-hydroxylation sites is 1. The van der Waals surface area contributed by atoms with Crippen LogP contribution in [0.2, 0.25) is 0 Å². The molecular weight excluding hydrogens is 200 g/mol. The fraction of sp³-hybridized carbons (Fsp3) is 0.333. The lowest BCUT2D eigenvalue weighted by Crippen LogP contribution is -3.06. The minimum atomic E-state index is 0.920. The van der Waals surface area contributed by atoms with E-state index < -0.39 is 0 Å². The van der Waals surface area contributed by atoms with Crippen molar-refractivity contribution in [1.82, 2.24) is 9.97 Å². The highest BCUT2D eigenvalue weighted by Crippen LogP contribution is 2.17. The third-order valence-electron chi connectivity index (χ3n) is 2.46. The monoisotopic (exact) mass is 217 g/mol. The molecular formula is C12H17N4+. The van der Waals surface area contributed by atoms with Crippen LogP contribution in [0.15, 0.2) is 30.6 Å². The van der Waals surface area contributed by atoms with Gasteiger partial charge in [-0.1, -0.05) is 12.1 Å². The Kier molecular flexibility index (Phi) is 3.31. The molecule has 1 aromatic carbocycles. The van der Waals surface area contributed by atoms with Gasteiger partial charge in [0, 0.05) is 5.39 Å². The zero-order chi connectivity index (χ0) is 11.4. The third kappa shape index (κ3) is 2.46. The fourth-order valence-corrected chi connectivity index (χ4v) is 1.58. The van der Waals surface area contributed by atoms with Crippen LogP contribution in [0.25, 0.3) is 10.9 Å². The van der Waals surface area contributed by atoms with Gasteiger partial charge in [-0.15, -0.1) is 0 Å². The van der Waals surface area contributed by atoms with Crippen LogP contribution in [0.5, 0.6) is 0 Å². The van der Waals surface area contributed by atoms with Gasteiger partial charge >= 0.3 is 0 Å². The number of likely N-dealkylation sites (N-methyl/N-ethyl adjacent to an activating group) is 1. The number of quaternary nitrogens is 1. The van der Waals surface area contributed by atoms with Crippen molar-refractivity contribution in [2.24, 2.45) is 0 Å².